The minimum Gasteiger partial charge on any atom is -0.493 e. The second-order valence-electron chi connectivity index (χ2n) is 9.20. The average molecular weight is 500 g/mol. The van der Waals surface area contributed by atoms with Gasteiger partial charge in [0.1, 0.15) is 23.8 Å². The van der Waals surface area contributed by atoms with E-state index in [4.69, 9.17) is 18.9 Å². The Hall–Kier alpha value is -3.14. The summed E-state index contributed by atoms with van der Waals surface area (Å²) in [6.45, 7) is 5.70. The van der Waals surface area contributed by atoms with Gasteiger partial charge in [0.25, 0.3) is 0 Å². The number of ether oxygens (including phenoxy) is 4. The number of β-amino-alcohol motifs (C(OH)–C–C–N with tert-alkyl or cyclic N) is 1. The Labute approximate surface area is 211 Å². The molecule has 1 aromatic heterocycles. The maximum atomic E-state index is 13.2. The maximum Gasteiger partial charge on any atom is 0.161 e. The Morgan fingerprint density at radius 1 is 1.14 bits per heavy atom. The molecule has 8 nitrogen and oxygen atoms in total. The lowest BCUT2D eigenvalue weighted by molar-refractivity contribution is -0.0646. The van der Waals surface area contributed by atoms with Crippen LogP contribution in [0.15, 0.2) is 54.9 Å². The van der Waals surface area contributed by atoms with Crippen molar-refractivity contribution in [2.24, 2.45) is 0 Å². The summed E-state index contributed by atoms with van der Waals surface area (Å²) in [5.41, 5.74) is 0.983. The van der Waals surface area contributed by atoms with Crippen molar-refractivity contribution in [3.8, 4) is 17.2 Å². The van der Waals surface area contributed by atoms with Crippen LogP contribution in [0.4, 0.5) is 4.39 Å². The Morgan fingerprint density at radius 3 is 2.72 bits per heavy atom. The Kier molecular flexibility index (Phi) is 8.79. The zero-order valence-corrected chi connectivity index (χ0v) is 20.9. The fourth-order valence-electron chi connectivity index (χ4n) is 4.16. The zero-order chi connectivity index (χ0) is 25.4. The van der Waals surface area contributed by atoms with E-state index in [-0.39, 0.29) is 19.0 Å². The van der Waals surface area contributed by atoms with E-state index >= 15 is 0 Å². The standard InChI is InChI=1S/C27H34FN3O5/c1-21-15-29-31(16-21)10-3-12-35-26-14-22(4-9-25(26)33-2)17-30-11-13-34-19-27(32,18-30)20-36-24-7-5-23(28)6-8-24/h4-9,14-16,32H,3,10-13,17-20H2,1-2H3/t27-/m0/s1. The molecule has 1 saturated heterocycles. The molecule has 0 spiro atoms. The summed E-state index contributed by atoms with van der Waals surface area (Å²) < 4.78 is 38.0. The second kappa shape index (κ2) is 12.2. The van der Waals surface area contributed by atoms with Crippen LogP contribution in [0.3, 0.4) is 0 Å². The lowest BCUT2D eigenvalue weighted by Crippen LogP contribution is -2.48. The smallest absolute Gasteiger partial charge is 0.161 e. The van der Waals surface area contributed by atoms with Crippen molar-refractivity contribution in [1.29, 1.82) is 0 Å². The van der Waals surface area contributed by atoms with E-state index in [0.29, 0.717) is 50.1 Å². The number of methoxy groups -OCH3 is 1. The highest BCUT2D eigenvalue weighted by Crippen LogP contribution is 2.29. The number of rotatable bonds is 11. The molecule has 2 aromatic carbocycles. The van der Waals surface area contributed by atoms with Crippen molar-refractivity contribution in [2.45, 2.75) is 32.0 Å². The minimum absolute atomic E-state index is 0.0435. The van der Waals surface area contributed by atoms with Gasteiger partial charge in [-0.05, 0) is 54.4 Å². The predicted molar refractivity (Wildman–Crippen MR) is 133 cm³/mol. The summed E-state index contributed by atoms with van der Waals surface area (Å²) in [7, 11) is 1.63. The van der Waals surface area contributed by atoms with Gasteiger partial charge in [-0.25, -0.2) is 4.39 Å². The number of hydrogen-bond donors (Lipinski definition) is 1. The highest BCUT2D eigenvalue weighted by atomic mass is 19.1. The number of nitrogens with zero attached hydrogens (tertiary/aromatic N) is 3. The number of aliphatic hydroxyl groups is 1. The van der Waals surface area contributed by atoms with E-state index in [2.05, 4.69) is 10.00 Å². The topological polar surface area (TPSA) is 78.2 Å². The summed E-state index contributed by atoms with van der Waals surface area (Å²) in [5.74, 6) is 1.53. The summed E-state index contributed by atoms with van der Waals surface area (Å²) >= 11 is 0. The third-order valence-electron chi connectivity index (χ3n) is 5.95. The zero-order valence-electron chi connectivity index (χ0n) is 20.9. The molecule has 9 heteroatoms. The number of hydrogen-bond acceptors (Lipinski definition) is 7. The normalized spacial score (nSPS) is 18.6. The van der Waals surface area contributed by atoms with E-state index in [1.807, 2.05) is 42.2 Å². The molecule has 2 heterocycles. The number of aromatic nitrogens is 2. The second-order valence-corrected chi connectivity index (χ2v) is 9.20. The van der Waals surface area contributed by atoms with Crippen molar-refractivity contribution in [2.75, 3.05) is 46.6 Å². The fourth-order valence-corrected chi connectivity index (χ4v) is 4.16. The van der Waals surface area contributed by atoms with Gasteiger partial charge >= 0.3 is 0 Å². The molecule has 0 radical (unpaired) electrons. The van der Waals surface area contributed by atoms with E-state index in [0.717, 1.165) is 24.1 Å². The molecule has 0 unspecified atom stereocenters. The Bertz CT molecular complexity index is 1110. The molecule has 1 aliphatic heterocycles. The van der Waals surface area contributed by atoms with E-state index in [1.165, 1.54) is 12.1 Å². The van der Waals surface area contributed by atoms with Crippen molar-refractivity contribution in [3.05, 3.63) is 71.8 Å². The first-order valence-corrected chi connectivity index (χ1v) is 12.1. The minimum atomic E-state index is -1.19. The van der Waals surface area contributed by atoms with Crippen LogP contribution in [-0.2, 0) is 17.8 Å². The summed E-state index contributed by atoms with van der Waals surface area (Å²) in [5, 5.41) is 15.5. The monoisotopic (exact) mass is 499 g/mol. The maximum absolute atomic E-state index is 13.2. The van der Waals surface area contributed by atoms with Gasteiger partial charge < -0.3 is 24.1 Å². The molecule has 4 rings (SSSR count). The molecule has 1 atom stereocenters. The van der Waals surface area contributed by atoms with Gasteiger partial charge in [0.05, 0.1) is 33.1 Å². The predicted octanol–water partition coefficient (Wildman–Crippen LogP) is 3.45. The molecule has 0 saturated carbocycles. The highest BCUT2D eigenvalue weighted by Gasteiger charge is 2.33. The molecule has 1 aliphatic rings. The molecular formula is C27H34FN3O5. The van der Waals surface area contributed by atoms with E-state index in [1.54, 1.807) is 19.2 Å². The van der Waals surface area contributed by atoms with Crippen molar-refractivity contribution >= 4 is 0 Å². The van der Waals surface area contributed by atoms with Crippen LogP contribution in [-0.4, -0.2) is 72.0 Å². The molecule has 1 fully saturated rings. The molecular weight excluding hydrogens is 465 g/mol. The quantitative estimate of drug-likeness (QED) is 0.405. The lowest BCUT2D eigenvalue weighted by Gasteiger charge is -2.30. The van der Waals surface area contributed by atoms with Gasteiger partial charge in [0, 0.05) is 38.8 Å². The first-order valence-electron chi connectivity index (χ1n) is 12.1. The van der Waals surface area contributed by atoms with Crippen LogP contribution in [0, 0.1) is 12.7 Å². The van der Waals surface area contributed by atoms with Gasteiger partial charge in [-0.3, -0.25) is 9.58 Å². The molecule has 194 valence electrons. The van der Waals surface area contributed by atoms with Crippen LogP contribution in [0.5, 0.6) is 17.2 Å². The van der Waals surface area contributed by atoms with E-state index < -0.39 is 5.60 Å². The third kappa shape index (κ3) is 7.43. The van der Waals surface area contributed by atoms with Crippen molar-refractivity contribution in [3.63, 3.8) is 0 Å². The van der Waals surface area contributed by atoms with Crippen LogP contribution < -0.4 is 14.2 Å². The molecule has 0 bridgehead atoms. The van der Waals surface area contributed by atoms with Crippen LogP contribution in [0.2, 0.25) is 0 Å². The first-order chi connectivity index (χ1) is 17.4. The molecule has 36 heavy (non-hydrogen) atoms. The van der Waals surface area contributed by atoms with Crippen LogP contribution >= 0.6 is 0 Å². The van der Waals surface area contributed by atoms with E-state index in [9.17, 15) is 9.50 Å². The van der Waals surface area contributed by atoms with Crippen LogP contribution in [0.1, 0.15) is 17.5 Å². The van der Waals surface area contributed by atoms with Crippen molar-refractivity contribution in [1.82, 2.24) is 14.7 Å². The van der Waals surface area contributed by atoms with Gasteiger partial charge in [0.15, 0.2) is 11.5 Å². The Balaban J connectivity index is 1.34. The summed E-state index contributed by atoms with van der Waals surface area (Å²) in [6, 6.07) is 11.6. The molecule has 3 aromatic rings. The molecule has 0 aliphatic carbocycles. The number of halogens is 1. The van der Waals surface area contributed by atoms with Gasteiger partial charge in [-0.15, -0.1) is 0 Å². The fraction of sp³-hybridized carbons (Fsp3) is 0.444. The number of benzene rings is 2. The van der Waals surface area contributed by atoms with Gasteiger partial charge in [0.2, 0.25) is 0 Å². The SMILES string of the molecule is COc1ccc(CN2CCOC[C@](O)(COc3ccc(F)cc3)C2)cc1OCCCn1cc(C)cn1. The molecule has 1 N–H and O–H groups in total. The van der Waals surface area contributed by atoms with Crippen molar-refractivity contribution < 1.29 is 28.4 Å². The third-order valence-corrected chi connectivity index (χ3v) is 5.95. The first kappa shape index (κ1) is 25.9. The van der Waals surface area contributed by atoms with Crippen LogP contribution in [0.25, 0.3) is 0 Å². The molecule has 0 amide bonds. The summed E-state index contributed by atoms with van der Waals surface area (Å²) in [4.78, 5) is 2.13. The average Bonchev–Trinajstić information content (AvgIpc) is 3.19. The lowest BCUT2D eigenvalue weighted by atomic mass is 10.1. The number of aryl methyl sites for hydroxylation is 2. The van der Waals surface area contributed by atoms with Gasteiger partial charge in [-0.2, -0.15) is 5.10 Å². The van der Waals surface area contributed by atoms with Gasteiger partial charge in [-0.1, -0.05) is 6.07 Å². The largest absolute Gasteiger partial charge is 0.493 e. The summed E-state index contributed by atoms with van der Waals surface area (Å²) in [6.07, 6.45) is 4.67. The Morgan fingerprint density at radius 2 is 1.97 bits per heavy atom. The highest BCUT2D eigenvalue weighted by molar-refractivity contribution is 5.43.